The van der Waals surface area contributed by atoms with Crippen LogP contribution >= 0.6 is 0 Å². The lowest BCUT2D eigenvalue weighted by Crippen LogP contribution is -2.22. The Morgan fingerprint density at radius 2 is 2.06 bits per heavy atom. The number of carbonyl (C=O) groups is 2. The number of rotatable bonds is 3. The van der Waals surface area contributed by atoms with Crippen LogP contribution in [0.25, 0.3) is 0 Å². The third-order valence-corrected chi connectivity index (χ3v) is 2.46. The summed E-state index contributed by atoms with van der Waals surface area (Å²) in [5, 5.41) is 0. The molecule has 1 fully saturated rings. The van der Waals surface area contributed by atoms with E-state index in [2.05, 4.69) is 0 Å². The molecule has 0 radical (unpaired) electrons. The van der Waals surface area contributed by atoms with Crippen LogP contribution in [0.5, 0.6) is 5.75 Å². The van der Waals surface area contributed by atoms with Crippen LogP contribution in [0.2, 0.25) is 0 Å². The SMILES string of the molecule is COc1ccc(C(=O)OC2CCOC2=O)cc1. The summed E-state index contributed by atoms with van der Waals surface area (Å²) in [6.45, 7) is 0.305. The maximum atomic E-state index is 11.7. The summed E-state index contributed by atoms with van der Waals surface area (Å²) in [6, 6.07) is 6.48. The average Bonchev–Trinajstić information content (AvgIpc) is 2.75. The molecule has 17 heavy (non-hydrogen) atoms. The topological polar surface area (TPSA) is 61.8 Å². The van der Waals surface area contributed by atoms with Crippen LogP contribution in [0, 0.1) is 0 Å². The zero-order chi connectivity index (χ0) is 12.3. The molecular weight excluding hydrogens is 224 g/mol. The Balaban J connectivity index is 2.01. The smallest absolute Gasteiger partial charge is 0.347 e. The highest BCUT2D eigenvalue weighted by Crippen LogP contribution is 2.15. The van der Waals surface area contributed by atoms with Crippen molar-refractivity contribution < 1.29 is 23.8 Å². The second kappa shape index (κ2) is 4.86. The number of methoxy groups -OCH3 is 1. The average molecular weight is 236 g/mol. The standard InChI is InChI=1S/C12H12O5/c1-15-9-4-2-8(3-5-9)11(13)17-10-6-7-16-12(10)14/h2-5,10H,6-7H2,1H3. The number of hydrogen-bond acceptors (Lipinski definition) is 5. The van der Waals surface area contributed by atoms with E-state index in [1.165, 1.54) is 0 Å². The molecule has 0 aliphatic carbocycles. The predicted molar refractivity (Wildman–Crippen MR) is 57.8 cm³/mol. The molecule has 1 heterocycles. The Hall–Kier alpha value is -2.04. The van der Waals surface area contributed by atoms with Crippen molar-refractivity contribution in [3.8, 4) is 5.75 Å². The molecule has 0 spiro atoms. The molecular formula is C12H12O5. The van der Waals surface area contributed by atoms with Crippen molar-refractivity contribution in [2.24, 2.45) is 0 Å². The molecule has 0 amide bonds. The summed E-state index contributed by atoms with van der Waals surface area (Å²) in [6.07, 6.45) is -0.356. The molecule has 1 atom stereocenters. The van der Waals surface area contributed by atoms with Gasteiger partial charge in [0, 0.05) is 6.42 Å². The predicted octanol–water partition coefficient (Wildman–Crippen LogP) is 1.17. The van der Waals surface area contributed by atoms with Gasteiger partial charge in [-0.25, -0.2) is 9.59 Å². The van der Waals surface area contributed by atoms with Gasteiger partial charge in [0.05, 0.1) is 19.3 Å². The van der Waals surface area contributed by atoms with Gasteiger partial charge in [0.2, 0.25) is 6.10 Å². The lowest BCUT2D eigenvalue weighted by molar-refractivity contribution is -0.145. The molecule has 1 aromatic carbocycles. The summed E-state index contributed by atoms with van der Waals surface area (Å²) >= 11 is 0. The molecule has 0 bridgehead atoms. The molecule has 1 saturated heterocycles. The Bertz CT molecular complexity index is 423. The van der Waals surface area contributed by atoms with Crippen molar-refractivity contribution in [3.63, 3.8) is 0 Å². The van der Waals surface area contributed by atoms with Gasteiger partial charge < -0.3 is 14.2 Å². The Morgan fingerprint density at radius 3 is 2.59 bits per heavy atom. The largest absolute Gasteiger partial charge is 0.497 e. The number of ether oxygens (including phenoxy) is 3. The molecule has 2 rings (SSSR count). The van der Waals surface area contributed by atoms with Gasteiger partial charge in [-0.05, 0) is 24.3 Å². The van der Waals surface area contributed by atoms with Crippen molar-refractivity contribution in [2.45, 2.75) is 12.5 Å². The van der Waals surface area contributed by atoms with Gasteiger partial charge >= 0.3 is 11.9 Å². The molecule has 1 aliphatic rings. The van der Waals surface area contributed by atoms with E-state index in [0.29, 0.717) is 24.3 Å². The third kappa shape index (κ3) is 2.55. The first-order valence-corrected chi connectivity index (χ1v) is 5.22. The van der Waals surface area contributed by atoms with E-state index in [1.54, 1.807) is 31.4 Å². The number of esters is 2. The Labute approximate surface area is 98.3 Å². The monoisotopic (exact) mass is 236 g/mol. The normalized spacial score (nSPS) is 18.6. The van der Waals surface area contributed by atoms with Gasteiger partial charge in [0.15, 0.2) is 0 Å². The van der Waals surface area contributed by atoms with Gasteiger partial charge in [-0.2, -0.15) is 0 Å². The highest BCUT2D eigenvalue weighted by Gasteiger charge is 2.30. The maximum Gasteiger partial charge on any atom is 0.347 e. The number of benzene rings is 1. The fraction of sp³-hybridized carbons (Fsp3) is 0.333. The highest BCUT2D eigenvalue weighted by atomic mass is 16.6. The lowest BCUT2D eigenvalue weighted by atomic mass is 10.2. The zero-order valence-electron chi connectivity index (χ0n) is 9.34. The first kappa shape index (κ1) is 11.4. The molecule has 90 valence electrons. The Kier molecular flexibility index (Phi) is 3.27. The van der Waals surface area contributed by atoms with Gasteiger partial charge in [-0.15, -0.1) is 0 Å². The van der Waals surface area contributed by atoms with E-state index in [0.717, 1.165) is 0 Å². The molecule has 0 aromatic heterocycles. The van der Waals surface area contributed by atoms with Crippen LogP contribution in [0.4, 0.5) is 0 Å². The highest BCUT2D eigenvalue weighted by molar-refractivity contribution is 5.91. The second-order valence-electron chi connectivity index (χ2n) is 3.58. The number of hydrogen-bond donors (Lipinski definition) is 0. The lowest BCUT2D eigenvalue weighted by Gasteiger charge is -2.08. The van der Waals surface area contributed by atoms with Crippen LogP contribution in [0.3, 0.4) is 0 Å². The summed E-state index contributed by atoms with van der Waals surface area (Å²) in [7, 11) is 1.54. The van der Waals surface area contributed by atoms with E-state index in [1.807, 2.05) is 0 Å². The summed E-state index contributed by atoms with van der Waals surface area (Å²) < 4.78 is 14.7. The fourth-order valence-electron chi connectivity index (χ4n) is 1.51. The van der Waals surface area contributed by atoms with E-state index in [4.69, 9.17) is 14.2 Å². The summed E-state index contributed by atoms with van der Waals surface area (Å²) in [5.41, 5.74) is 0.380. The van der Waals surface area contributed by atoms with E-state index in [-0.39, 0.29) is 0 Å². The minimum atomic E-state index is -0.774. The van der Waals surface area contributed by atoms with E-state index in [9.17, 15) is 9.59 Å². The van der Waals surface area contributed by atoms with Crippen LogP contribution in [0.1, 0.15) is 16.8 Å². The molecule has 5 heteroatoms. The quantitative estimate of drug-likeness (QED) is 0.737. The summed E-state index contributed by atoms with van der Waals surface area (Å²) in [5.74, 6) is -0.356. The minimum absolute atomic E-state index is 0.305. The first-order chi connectivity index (χ1) is 8.20. The van der Waals surface area contributed by atoms with Gasteiger partial charge in [-0.1, -0.05) is 0 Å². The van der Waals surface area contributed by atoms with Gasteiger partial charge in [-0.3, -0.25) is 0 Å². The first-order valence-electron chi connectivity index (χ1n) is 5.22. The number of cyclic esters (lactones) is 1. The Morgan fingerprint density at radius 1 is 1.35 bits per heavy atom. The van der Waals surface area contributed by atoms with E-state index >= 15 is 0 Å². The van der Waals surface area contributed by atoms with E-state index < -0.39 is 18.0 Å². The van der Waals surface area contributed by atoms with Crippen LogP contribution in [0.15, 0.2) is 24.3 Å². The molecule has 0 saturated carbocycles. The third-order valence-electron chi connectivity index (χ3n) is 2.46. The van der Waals surface area contributed by atoms with Crippen LogP contribution in [-0.4, -0.2) is 31.8 Å². The van der Waals surface area contributed by atoms with Crippen molar-refractivity contribution in [3.05, 3.63) is 29.8 Å². The fourth-order valence-corrected chi connectivity index (χ4v) is 1.51. The van der Waals surface area contributed by atoms with Crippen molar-refractivity contribution in [2.75, 3.05) is 13.7 Å². The van der Waals surface area contributed by atoms with Crippen molar-refractivity contribution >= 4 is 11.9 Å². The van der Waals surface area contributed by atoms with Crippen LogP contribution in [-0.2, 0) is 14.3 Å². The van der Waals surface area contributed by atoms with Crippen molar-refractivity contribution in [1.29, 1.82) is 0 Å². The molecule has 1 aliphatic heterocycles. The molecule has 1 aromatic rings. The van der Waals surface area contributed by atoms with Gasteiger partial charge in [0.25, 0.3) is 0 Å². The zero-order valence-corrected chi connectivity index (χ0v) is 9.34. The maximum absolute atomic E-state index is 11.7. The number of carbonyl (C=O) groups excluding carboxylic acids is 2. The second-order valence-corrected chi connectivity index (χ2v) is 3.58. The molecule has 5 nitrogen and oxygen atoms in total. The van der Waals surface area contributed by atoms with Crippen LogP contribution < -0.4 is 4.74 Å². The van der Waals surface area contributed by atoms with Gasteiger partial charge in [0.1, 0.15) is 5.75 Å². The minimum Gasteiger partial charge on any atom is -0.497 e. The summed E-state index contributed by atoms with van der Waals surface area (Å²) in [4.78, 5) is 22.8. The molecule has 0 N–H and O–H groups in total. The molecule has 1 unspecified atom stereocenters. The van der Waals surface area contributed by atoms with Crippen molar-refractivity contribution in [1.82, 2.24) is 0 Å².